The van der Waals surface area contributed by atoms with Crippen LogP contribution in [0.2, 0.25) is 0 Å². The van der Waals surface area contributed by atoms with Crippen molar-refractivity contribution in [1.29, 1.82) is 0 Å². The topological polar surface area (TPSA) is 33.5 Å². The standard InChI is InChI=1S/C15H21FN2O/c1-11-6-5-9-18(10-11)12(2)15(19)17-14-8-4-3-7-13(14)16/h3-4,7-8,11-12H,5-6,9-10H2,1-2H3,(H,17,19)/p+1/t11-,12-/m0/s1. The second-order valence-corrected chi connectivity index (χ2v) is 5.55. The fourth-order valence-corrected chi connectivity index (χ4v) is 2.71. The molecule has 19 heavy (non-hydrogen) atoms. The molecule has 0 aromatic heterocycles. The second-order valence-electron chi connectivity index (χ2n) is 5.55. The second kappa shape index (κ2) is 6.15. The number of halogens is 1. The summed E-state index contributed by atoms with van der Waals surface area (Å²) < 4.78 is 13.5. The summed E-state index contributed by atoms with van der Waals surface area (Å²) in [7, 11) is 0. The summed E-state index contributed by atoms with van der Waals surface area (Å²) in [5.74, 6) is 0.173. The van der Waals surface area contributed by atoms with Crippen LogP contribution in [0.15, 0.2) is 24.3 Å². The van der Waals surface area contributed by atoms with Crippen molar-refractivity contribution in [3.05, 3.63) is 30.1 Å². The van der Waals surface area contributed by atoms with E-state index in [0.717, 1.165) is 19.5 Å². The van der Waals surface area contributed by atoms with Crippen molar-refractivity contribution < 1.29 is 14.1 Å². The summed E-state index contributed by atoms with van der Waals surface area (Å²) in [5.41, 5.74) is 0.267. The van der Waals surface area contributed by atoms with E-state index in [1.165, 1.54) is 17.4 Å². The highest BCUT2D eigenvalue weighted by Gasteiger charge is 2.29. The molecule has 1 saturated heterocycles. The number of hydrogen-bond acceptors (Lipinski definition) is 1. The van der Waals surface area contributed by atoms with Crippen molar-refractivity contribution in [3.63, 3.8) is 0 Å². The maximum Gasteiger partial charge on any atom is 0.282 e. The van der Waals surface area contributed by atoms with Gasteiger partial charge < -0.3 is 10.2 Å². The molecule has 1 fully saturated rings. The van der Waals surface area contributed by atoms with Crippen molar-refractivity contribution in [2.24, 2.45) is 5.92 Å². The molecule has 3 atom stereocenters. The lowest BCUT2D eigenvalue weighted by atomic mass is 9.99. The van der Waals surface area contributed by atoms with Crippen LogP contribution >= 0.6 is 0 Å². The van der Waals surface area contributed by atoms with Crippen LogP contribution in [0.3, 0.4) is 0 Å². The van der Waals surface area contributed by atoms with Crippen LogP contribution in [0.25, 0.3) is 0 Å². The molecule has 1 unspecified atom stereocenters. The van der Waals surface area contributed by atoms with Gasteiger partial charge in [-0.25, -0.2) is 4.39 Å². The number of carbonyl (C=O) groups is 1. The molecule has 3 nitrogen and oxygen atoms in total. The highest BCUT2D eigenvalue weighted by molar-refractivity contribution is 5.93. The van der Waals surface area contributed by atoms with Gasteiger partial charge in [-0.2, -0.15) is 0 Å². The Labute approximate surface area is 113 Å². The molecule has 1 aliphatic rings. The van der Waals surface area contributed by atoms with Gasteiger partial charge in [-0.3, -0.25) is 4.79 Å². The highest BCUT2D eigenvalue weighted by Crippen LogP contribution is 2.12. The number of piperidine rings is 1. The van der Waals surface area contributed by atoms with E-state index in [1.807, 2.05) is 6.92 Å². The van der Waals surface area contributed by atoms with Crippen LogP contribution < -0.4 is 10.2 Å². The van der Waals surface area contributed by atoms with E-state index >= 15 is 0 Å². The van der Waals surface area contributed by atoms with Crippen molar-refractivity contribution in [3.8, 4) is 0 Å². The van der Waals surface area contributed by atoms with Gasteiger partial charge in [-0.05, 0) is 31.9 Å². The van der Waals surface area contributed by atoms with Gasteiger partial charge in [0.2, 0.25) is 0 Å². The summed E-state index contributed by atoms with van der Waals surface area (Å²) in [6.07, 6.45) is 2.40. The van der Waals surface area contributed by atoms with Crippen LogP contribution in [0.4, 0.5) is 10.1 Å². The zero-order valence-electron chi connectivity index (χ0n) is 11.6. The molecule has 0 spiro atoms. The molecule has 2 rings (SSSR count). The average Bonchev–Trinajstić information content (AvgIpc) is 2.40. The van der Waals surface area contributed by atoms with Gasteiger partial charge in [0.15, 0.2) is 6.04 Å². The van der Waals surface area contributed by atoms with Crippen LogP contribution in [-0.2, 0) is 4.79 Å². The molecule has 0 radical (unpaired) electrons. The van der Waals surface area contributed by atoms with Crippen molar-refractivity contribution >= 4 is 11.6 Å². The monoisotopic (exact) mass is 265 g/mol. The summed E-state index contributed by atoms with van der Waals surface area (Å²) in [4.78, 5) is 13.5. The van der Waals surface area contributed by atoms with Crippen molar-refractivity contribution in [2.75, 3.05) is 18.4 Å². The van der Waals surface area contributed by atoms with E-state index < -0.39 is 0 Å². The number of rotatable bonds is 3. The first-order valence-electron chi connectivity index (χ1n) is 6.98. The van der Waals surface area contributed by atoms with Crippen LogP contribution in [0.5, 0.6) is 0 Å². The number of benzene rings is 1. The number of nitrogens with one attached hydrogen (secondary N) is 2. The molecule has 1 aromatic rings. The van der Waals surface area contributed by atoms with E-state index in [9.17, 15) is 9.18 Å². The van der Waals surface area contributed by atoms with E-state index in [0.29, 0.717) is 5.92 Å². The fourth-order valence-electron chi connectivity index (χ4n) is 2.71. The number of carbonyl (C=O) groups excluding carboxylic acids is 1. The molecule has 1 heterocycles. The number of amides is 1. The Balaban J connectivity index is 1.97. The SMILES string of the molecule is C[C@H]1CCC[NH+]([C@@H](C)C(=O)Nc2ccccc2F)C1. The molecule has 104 valence electrons. The minimum absolute atomic E-state index is 0.103. The molecule has 1 aliphatic heterocycles. The Bertz CT molecular complexity index is 450. The predicted molar refractivity (Wildman–Crippen MR) is 73.6 cm³/mol. The molecule has 1 amide bonds. The zero-order chi connectivity index (χ0) is 13.8. The Morgan fingerprint density at radius 1 is 1.47 bits per heavy atom. The zero-order valence-corrected chi connectivity index (χ0v) is 11.6. The molecular formula is C15H22FN2O+. The van der Waals surface area contributed by atoms with Gasteiger partial charge >= 0.3 is 0 Å². The van der Waals surface area contributed by atoms with E-state index in [-0.39, 0.29) is 23.5 Å². The quantitative estimate of drug-likeness (QED) is 0.852. The maximum atomic E-state index is 13.5. The third-order valence-electron chi connectivity index (χ3n) is 3.94. The Morgan fingerprint density at radius 2 is 2.21 bits per heavy atom. The van der Waals surface area contributed by atoms with Gasteiger partial charge in [0, 0.05) is 5.92 Å². The Kier molecular flexibility index (Phi) is 4.53. The number of anilines is 1. The minimum Gasteiger partial charge on any atom is -0.325 e. The summed E-state index contributed by atoms with van der Waals surface area (Å²) in [5, 5.41) is 2.69. The van der Waals surface area contributed by atoms with E-state index in [1.54, 1.807) is 18.2 Å². The van der Waals surface area contributed by atoms with Gasteiger partial charge in [0.05, 0.1) is 18.8 Å². The lowest BCUT2D eigenvalue weighted by Gasteiger charge is -2.31. The first-order valence-corrected chi connectivity index (χ1v) is 6.98. The van der Waals surface area contributed by atoms with Gasteiger partial charge in [0.1, 0.15) is 5.82 Å². The number of quaternary nitrogens is 1. The minimum atomic E-state index is -0.384. The Hall–Kier alpha value is -1.42. The summed E-state index contributed by atoms with van der Waals surface area (Å²) in [6, 6.07) is 6.15. The normalized spacial score (nSPS) is 24.8. The molecular weight excluding hydrogens is 243 g/mol. The first kappa shape index (κ1) is 14.0. The number of hydrogen-bond donors (Lipinski definition) is 2. The third kappa shape index (κ3) is 3.53. The maximum absolute atomic E-state index is 13.5. The smallest absolute Gasteiger partial charge is 0.282 e. The average molecular weight is 265 g/mol. The van der Waals surface area contributed by atoms with Crippen molar-refractivity contribution in [2.45, 2.75) is 32.7 Å². The van der Waals surface area contributed by atoms with Gasteiger partial charge in [-0.15, -0.1) is 0 Å². The fraction of sp³-hybridized carbons (Fsp3) is 0.533. The van der Waals surface area contributed by atoms with Crippen molar-refractivity contribution in [1.82, 2.24) is 0 Å². The lowest BCUT2D eigenvalue weighted by molar-refractivity contribution is -0.922. The summed E-state index contributed by atoms with van der Waals surface area (Å²) >= 11 is 0. The van der Waals surface area contributed by atoms with Crippen LogP contribution in [-0.4, -0.2) is 25.0 Å². The first-order chi connectivity index (χ1) is 9.08. The molecule has 2 N–H and O–H groups in total. The largest absolute Gasteiger partial charge is 0.325 e. The molecule has 0 aliphatic carbocycles. The molecule has 4 heteroatoms. The molecule has 0 bridgehead atoms. The lowest BCUT2D eigenvalue weighted by Crippen LogP contribution is -3.17. The third-order valence-corrected chi connectivity index (χ3v) is 3.94. The summed E-state index contributed by atoms with van der Waals surface area (Å²) in [6.45, 7) is 6.19. The Morgan fingerprint density at radius 3 is 2.89 bits per heavy atom. The van der Waals surface area contributed by atoms with E-state index in [2.05, 4.69) is 12.2 Å². The molecule has 0 saturated carbocycles. The van der Waals surface area contributed by atoms with E-state index in [4.69, 9.17) is 0 Å². The predicted octanol–water partition coefficient (Wildman–Crippen LogP) is 1.47. The number of para-hydroxylation sites is 1. The van der Waals surface area contributed by atoms with Gasteiger partial charge in [0.25, 0.3) is 5.91 Å². The van der Waals surface area contributed by atoms with Crippen LogP contribution in [0.1, 0.15) is 26.7 Å². The van der Waals surface area contributed by atoms with Gasteiger partial charge in [-0.1, -0.05) is 19.1 Å². The molecule has 1 aromatic carbocycles. The highest BCUT2D eigenvalue weighted by atomic mass is 19.1. The number of likely N-dealkylation sites (tertiary alicyclic amines) is 1. The van der Waals surface area contributed by atoms with Crippen LogP contribution in [0, 0.1) is 11.7 Å².